The van der Waals surface area contributed by atoms with Crippen molar-refractivity contribution in [3.05, 3.63) is 36.2 Å². The zero-order chi connectivity index (χ0) is 16.1. The number of rotatable bonds is 5. The van der Waals surface area contributed by atoms with E-state index in [2.05, 4.69) is 20.2 Å². The Hall–Kier alpha value is -2.05. The summed E-state index contributed by atoms with van der Waals surface area (Å²) < 4.78 is 0. The molecule has 0 aliphatic carbocycles. The molecule has 3 rings (SSSR count). The summed E-state index contributed by atoms with van der Waals surface area (Å²) in [6, 6.07) is 5.66. The molecule has 6 nitrogen and oxygen atoms in total. The zero-order valence-corrected chi connectivity index (χ0v) is 13.1. The molecule has 1 aromatic heterocycles. The van der Waals surface area contributed by atoms with E-state index < -0.39 is 0 Å². The molecule has 2 N–H and O–H groups in total. The maximum Gasteiger partial charge on any atom is 0.253 e. The summed E-state index contributed by atoms with van der Waals surface area (Å²) in [4.78, 5) is 23.1. The summed E-state index contributed by atoms with van der Waals surface area (Å²) in [5.74, 6) is -0.131. The molecule has 1 atom stereocenters. The van der Waals surface area contributed by atoms with Crippen LogP contribution in [0.15, 0.2) is 30.6 Å². The van der Waals surface area contributed by atoms with Gasteiger partial charge in [-0.05, 0) is 31.5 Å². The first-order chi connectivity index (χ1) is 11.3. The van der Waals surface area contributed by atoms with Gasteiger partial charge in [-0.3, -0.25) is 19.7 Å². The van der Waals surface area contributed by atoms with Gasteiger partial charge in [0.15, 0.2) is 0 Å². The Morgan fingerprint density at radius 3 is 3.04 bits per heavy atom. The first-order valence-electron chi connectivity index (χ1n) is 8.12. The van der Waals surface area contributed by atoms with Crippen LogP contribution in [-0.4, -0.2) is 58.2 Å². The van der Waals surface area contributed by atoms with Crippen LogP contribution in [0.25, 0.3) is 11.0 Å². The molecule has 2 heterocycles. The number of aliphatic hydroxyl groups excluding tert-OH is 1. The van der Waals surface area contributed by atoms with E-state index in [9.17, 15) is 9.90 Å². The Bertz CT molecular complexity index is 671. The van der Waals surface area contributed by atoms with Gasteiger partial charge in [-0.1, -0.05) is 12.5 Å². The molecule has 1 fully saturated rings. The van der Waals surface area contributed by atoms with Crippen molar-refractivity contribution in [2.75, 3.05) is 26.2 Å². The summed E-state index contributed by atoms with van der Waals surface area (Å²) in [7, 11) is 0. The minimum atomic E-state index is -0.131. The summed E-state index contributed by atoms with van der Waals surface area (Å²) in [6.07, 6.45) is 6.57. The molecule has 0 saturated carbocycles. The van der Waals surface area contributed by atoms with Crippen molar-refractivity contribution in [3.8, 4) is 0 Å². The molecule has 1 aliphatic heterocycles. The van der Waals surface area contributed by atoms with Crippen molar-refractivity contribution >= 4 is 16.9 Å². The van der Waals surface area contributed by atoms with E-state index in [0.29, 0.717) is 17.6 Å². The van der Waals surface area contributed by atoms with E-state index in [1.54, 1.807) is 18.5 Å². The smallest absolute Gasteiger partial charge is 0.253 e. The van der Waals surface area contributed by atoms with Gasteiger partial charge in [0, 0.05) is 31.5 Å². The van der Waals surface area contributed by atoms with E-state index in [0.717, 1.165) is 31.4 Å². The lowest BCUT2D eigenvalue weighted by molar-refractivity contribution is 0.0850. The number of nitrogens with one attached hydrogen (secondary N) is 1. The average molecular weight is 314 g/mol. The predicted octanol–water partition coefficient (Wildman–Crippen LogP) is 1.21. The SMILES string of the molecule is O=C(NCCN1CCCC[C@H]1CO)c1cccc2nccnc12. The van der Waals surface area contributed by atoms with Crippen LogP contribution in [0, 0.1) is 0 Å². The lowest BCUT2D eigenvalue weighted by atomic mass is 10.0. The fraction of sp³-hybridized carbons (Fsp3) is 0.471. The lowest BCUT2D eigenvalue weighted by Crippen LogP contribution is -2.45. The van der Waals surface area contributed by atoms with E-state index in [-0.39, 0.29) is 18.6 Å². The highest BCUT2D eigenvalue weighted by molar-refractivity contribution is 6.04. The minimum absolute atomic E-state index is 0.131. The number of para-hydroxylation sites is 1. The van der Waals surface area contributed by atoms with Gasteiger partial charge in [-0.15, -0.1) is 0 Å². The second-order valence-electron chi connectivity index (χ2n) is 5.85. The number of hydrogen-bond acceptors (Lipinski definition) is 5. The van der Waals surface area contributed by atoms with Crippen molar-refractivity contribution in [2.45, 2.75) is 25.3 Å². The van der Waals surface area contributed by atoms with Gasteiger partial charge in [0.2, 0.25) is 0 Å². The number of hydrogen-bond donors (Lipinski definition) is 2. The molecule has 23 heavy (non-hydrogen) atoms. The number of likely N-dealkylation sites (tertiary alicyclic amines) is 1. The van der Waals surface area contributed by atoms with Gasteiger partial charge in [0.05, 0.1) is 17.7 Å². The number of aromatic nitrogens is 2. The predicted molar refractivity (Wildman–Crippen MR) is 88.2 cm³/mol. The Morgan fingerprint density at radius 1 is 1.30 bits per heavy atom. The van der Waals surface area contributed by atoms with Gasteiger partial charge in [-0.25, -0.2) is 0 Å². The third-order valence-electron chi connectivity index (χ3n) is 4.39. The molecule has 122 valence electrons. The van der Waals surface area contributed by atoms with Crippen LogP contribution in [0.2, 0.25) is 0 Å². The second-order valence-corrected chi connectivity index (χ2v) is 5.85. The Kier molecular flexibility index (Phi) is 5.15. The number of benzene rings is 1. The quantitative estimate of drug-likeness (QED) is 0.867. The van der Waals surface area contributed by atoms with Gasteiger partial charge < -0.3 is 10.4 Å². The first-order valence-corrected chi connectivity index (χ1v) is 8.12. The van der Waals surface area contributed by atoms with Gasteiger partial charge >= 0.3 is 0 Å². The molecule has 2 aromatic rings. The Balaban J connectivity index is 1.60. The minimum Gasteiger partial charge on any atom is -0.395 e. The zero-order valence-electron chi connectivity index (χ0n) is 13.1. The molecule has 1 aromatic carbocycles. The maximum atomic E-state index is 12.4. The molecular formula is C17H22N4O2. The van der Waals surface area contributed by atoms with E-state index in [1.165, 1.54) is 6.42 Å². The van der Waals surface area contributed by atoms with Crippen LogP contribution in [0.5, 0.6) is 0 Å². The number of nitrogens with zero attached hydrogens (tertiary/aromatic N) is 3. The third-order valence-corrected chi connectivity index (χ3v) is 4.39. The molecule has 1 amide bonds. The standard InChI is InChI=1S/C17H22N4O2/c22-12-13-4-1-2-10-21(13)11-9-20-17(23)14-5-3-6-15-16(14)19-8-7-18-15/h3,5-8,13,22H,1-2,4,9-12H2,(H,20,23)/t13-/m0/s1. The van der Waals surface area contributed by atoms with Crippen LogP contribution < -0.4 is 5.32 Å². The number of fused-ring (bicyclic) bond motifs is 1. The number of aliphatic hydroxyl groups is 1. The van der Waals surface area contributed by atoms with Gasteiger partial charge in [0.1, 0.15) is 5.52 Å². The highest BCUT2D eigenvalue weighted by Gasteiger charge is 2.21. The fourth-order valence-electron chi connectivity index (χ4n) is 3.15. The van der Waals surface area contributed by atoms with Crippen LogP contribution in [0.3, 0.4) is 0 Å². The average Bonchev–Trinajstić information content (AvgIpc) is 2.61. The van der Waals surface area contributed by atoms with Crippen LogP contribution in [0.1, 0.15) is 29.6 Å². The first kappa shape index (κ1) is 15.8. The maximum absolute atomic E-state index is 12.4. The number of amides is 1. The Morgan fingerprint density at radius 2 is 2.17 bits per heavy atom. The van der Waals surface area contributed by atoms with Crippen molar-refractivity contribution in [1.29, 1.82) is 0 Å². The molecule has 6 heteroatoms. The summed E-state index contributed by atoms with van der Waals surface area (Å²) in [5.41, 5.74) is 1.89. The van der Waals surface area contributed by atoms with Crippen LogP contribution in [0.4, 0.5) is 0 Å². The number of carbonyl (C=O) groups is 1. The fourth-order valence-corrected chi connectivity index (χ4v) is 3.15. The van der Waals surface area contributed by atoms with Crippen molar-refractivity contribution in [2.24, 2.45) is 0 Å². The van der Waals surface area contributed by atoms with Gasteiger partial charge in [-0.2, -0.15) is 0 Å². The van der Waals surface area contributed by atoms with Crippen LogP contribution >= 0.6 is 0 Å². The largest absolute Gasteiger partial charge is 0.395 e. The Labute approximate surface area is 135 Å². The van der Waals surface area contributed by atoms with Crippen molar-refractivity contribution < 1.29 is 9.90 Å². The van der Waals surface area contributed by atoms with Gasteiger partial charge in [0.25, 0.3) is 5.91 Å². The third kappa shape index (κ3) is 3.65. The molecule has 0 unspecified atom stereocenters. The van der Waals surface area contributed by atoms with Crippen molar-refractivity contribution in [1.82, 2.24) is 20.2 Å². The molecule has 0 radical (unpaired) electrons. The van der Waals surface area contributed by atoms with Crippen molar-refractivity contribution in [3.63, 3.8) is 0 Å². The number of piperidine rings is 1. The molecule has 0 bridgehead atoms. The summed E-state index contributed by atoms with van der Waals surface area (Å²) >= 11 is 0. The van der Waals surface area contributed by atoms with E-state index in [4.69, 9.17) is 0 Å². The second kappa shape index (κ2) is 7.48. The summed E-state index contributed by atoms with van der Waals surface area (Å²) in [5, 5.41) is 12.4. The normalized spacial score (nSPS) is 18.9. The lowest BCUT2D eigenvalue weighted by Gasteiger charge is -2.34. The molecule has 1 aliphatic rings. The molecule has 0 spiro atoms. The van der Waals surface area contributed by atoms with E-state index >= 15 is 0 Å². The topological polar surface area (TPSA) is 78.4 Å². The molecule has 1 saturated heterocycles. The summed E-state index contributed by atoms with van der Waals surface area (Å²) in [6.45, 7) is 2.49. The van der Waals surface area contributed by atoms with Crippen LogP contribution in [-0.2, 0) is 0 Å². The highest BCUT2D eigenvalue weighted by Crippen LogP contribution is 2.16. The molecular weight excluding hydrogens is 292 g/mol. The highest BCUT2D eigenvalue weighted by atomic mass is 16.3. The van der Waals surface area contributed by atoms with E-state index in [1.807, 2.05) is 12.1 Å². The monoisotopic (exact) mass is 314 g/mol. The number of carbonyl (C=O) groups excluding carboxylic acids is 1.